The van der Waals surface area contributed by atoms with Gasteiger partial charge in [0.05, 0.1) is 19.1 Å². The molecule has 0 atom stereocenters. The van der Waals surface area contributed by atoms with Gasteiger partial charge in [-0.15, -0.1) is 0 Å². The van der Waals surface area contributed by atoms with E-state index in [-0.39, 0.29) is 11.9 Å². The Bertz CT molecular complexity index is 679. The topological polar surface area (TPSA) is 68.5 Å². The molecule has 0 bridgehead atoms. The first-order valence-electron chi connectivity index (χ1n) is 8.13. The molecule has 0 radical (unpaired) electrons. The summed E-state index contributed by atoms with van der Waals surface area (Å²) in [5, 5.41) is 4.69. The van der Waals surface area contributed by atoms with Crippen molar-refractivity contribution in [3.8, 4) is 11.4 Å². The highest BCUT2D eigenvalue weighted by Gasteiger charge is 2.26. The standard InChI is InChI=1S/C17H20ClN3O3/c1-2-23-17(22)13-7-9-21(10-8-13)11-15-19-16(20-24-15)12-3-5-14(18)6-4-12/h3-6,13H,2,7-11H2,1H3. The fourth-order valence-electron chi connectivity index (χ4n) is 2.81. The molecule has 6 nitrogen and oxygen atoms in total. The van der Waals surface area contributed by atoms with E-state index in [4.69, 9.17) is 20.9 Å². The molecule has 1 fully saturated rings. The first-order chi connectivity index (χ1) is 11.7. The Morgan fingerprint density at radius 3 is 2.71 bits per heavy atom. The number of halogens is 1. The van der Waals surface area contributed by atoms with E-state index >= 15 is 0 Å². The zero-order valence-corrected chi connectivity index (χ0v) is 14.3. The molecule has 7 heteroatoms. The van der Waals surface area contributed by atoms with Crippen LogP contribution in [0.1, 0.15) is 25.7 Å². The first-order valence-corrected chi connectivity index (χ1v) is 8.51. The van der Waals surface area contributed by atoms with Gasteiger partial charge in [-0.2, -0.15) is 4.98 Å². The van der Waals surface area contributed by atoms with E-state index in [0.29, 0.717) is 29.9 Å². The van der Waals surface area contributed by atoms with Crippen molar-refractivity contribution in [3.05, 3.63) is 35.2 Å². The second kappa shape index (κ2) is 7.77. The monoisotopic (exact) mass is 349 g/mol. The predicted octanol–water partition coefficient (Wildman–Crippen LogP) is 3.17. The molecular weight excluding hydrogens is 330 g/mol. The van der Waals surface area contributed by atoms with Gasteiger partial charge in [0.2, 0.25) is 11.7 Å². The summed E-state index contributed by atoms with van der Waals surface area (Å²) < 4.78 is 10.4. The van der Waals surface area contributed by atoms with Gasteiger partial charge in [0.15, 0.2) is 0 Å². The van der Waals surface area contributed by atoms with Gasteiger partial charge in [-0.25, -0.2) is 0 Å². The molecule has 1 saturated heterocycles. The van der Waals surface area contributed by atoms with Crippen LogP contribution >= 0.6 is 11.6 Å². The van der Waals surface area contributed by atoms with E-state index in [9.17, 15) is 4.79 Å². The maximum Gasteiger partial charge on any atom is 0.309 e. The van der Waals surface area contributed by atoms with E-state index in [1.807, 2.05) is 19.1 Å². The Balaban J connectivity index is 1.54. The maximum atomic E-state index is 11.8. The summed E-state index contributed by atoms with van der Waals surface area (Å²) in [5.74, 6) is 1.06. The minimum Gasteiger partial charge on any atom is -0.466 e. The molecule has 1 aromatic carbocycles. The molecule has 0 saturated carbocycles. The van der Waals surface area contributed by atoms with E-state index in [1.54, 1.807) is 12.1 Å². The summed E-state index contributed by atoms with van der Waals surface area (Å²) in [4.78, 5) is 18.4. The number of nitrogens with zero attached hydrogens (tertiary/aromatic N) is 3. The number of piperidine rings is 1. The number of likely N-dealkylation sites (tertiary alicyclic amines) is 1. The van der Waals surface area contributed by atoms with Crippen molar-refractivity contribution in [2.75, 3.05) is 19.7 Å². The fraction of sp³-hybridized carbons (Fsp3) is 0.471. The first kappa shape index (κ1) is 16.9. The van der Waals surface area contributed by atoms with Crippen LogP contribution in [0.25, 0.3) is 11.4 Å². The van der Waals surface area contributed by atoms with Crippen LogP contribution < -0.4 is 0 Å². The molecule has 2 heterocycles. The third-order valence-corrected chi connectivity index (χ3v) is 4.39. The van der Waals surface area contributed by atoms with Gasteiger partial charge in [-0.1, -0.05) is 16.8 Å². The minimum absolute atomic E-state index is 0.00788. The number of hydrogen-bond donors (Lipinski definition) is 0. The molecule has 1 aliphatic heterocycles. The van der Waals surface area contributed by atoms with Crippen LogP contribution in [-0.4, -0.2) is 40.7 Å². The zero-order valence-electron chi connectivity index (χ0n) is 13.6. The SMILES string of the molecule is CCOC(=O)C1CCN(Cc2nc(-c3ccc(Cl)cc3)no2)CC1. The molecule has 1 aromatic heterocycles. The molecular formula is C17H20ClN3O3. The highest BCUT2D eigenvalue weighted by atomic mass is 35.5. The van der Waals surface area contributed by atoms with Crippen LogP contribution in [-0.2, 0) is 16.1 Å². The number of benzene rings is 1. The van der Waals surface area contributed by atoms with Crippen LogP contribution in [0.5, 0.6) is 0 Å². The summed E-state index contributed by atoms with van der Waals surface area (Å²) in [6, 6.07) is 7.32. The van der Waals surface area contributed by atoms with Gasteiger partial charge in [-0.3, -0.25) is 9.69 Å². The maximum absolute atomic E-state index is 11.8. The molecule has 0 N–H and O–H groups in total. The lowest BCUT2D eigenvalue weighted by Gasteiger charge is -2.29. The van der Waals surface area contributed by atoms with Crippen LogP contribution in [0, 0.1) is 5.92 Å². The lowest BCUT2D eigenvalue weighted by molar-refractivity contribution is -0.149. The predicted molar refractivity (Wildman–Crippen MR) is 89.4 cm³/mol. The number of hydrogen-bond acceptors (Lipinski definition) is 6. The van der Waals surface area contributed by atoms with Crippen molar-refractivity contribution in [1.82, 2.24) is 15.0 Å². The van der Waals surface area contributed by atoms with Gasteiger partial charge < -0.3 is 9.26 Å². The number of carbonyl (C=O) groups excluding carboxylic acids is 1. The van der Waals surface area contributed by atoms with E-state index in [2.05, 4.69) is 15.0 Å². The second-order valence-electron chi connectivity index (χ2n) is 5.82. The van der Waals surface area contributed by atoms with Crippen molar-refractivity contribution >= 4 is 17.6 Å². The fourth-order valence-corrected chi connectivity index (χ4v) is 2.94. The molecule has 1 aliphatic rings. The van der Waals surface area contributed by atoms with E-state index < -0.39 is 0 Å². The van der Waals surface area contributed by atoms with Gasteiger partial charge in [0, 0.05) is 10.6 Å². The third kappa shape index (κ3) is 4.13. The van der Waals surface area contributed by atoms with Gasteiger partial charge in [0.25, 0.3) is 0 Å². The highest BCUT2D eigenvalue weighted by molar-refractivity contribution is 6.30. The molecule has 0 unspecified atom stereocenters. The minimum atomic E-state index is -0.0834. The van der Waals surface area contributed by atoms with Crippen LogP contribution in [0.3, 0.4) is 0 Å². The smallest absolute Gasteiger partial charge is 0.309 e. The Morgan fingerprint density at radius 2 is 2.04 bits per heavy atom. The lowest BCUT2D eigenvalue weighted by Crippen LogP contribution is -2.36. The van der Waals surface area contributed by atoms with Crippen molar-refractivity contribution in [1.29, 1.82) is 0 Å². The summed E-state index contributed by atoms with van der Waals surface area (Å²) >= 11 is 5.88. The average Bonchev–Trinajstić information content (AvgIpc) is 3.05. The Kier molecular flexibility index (Phi) is 5.48. The van der Waals surface area contributed by atoms with E-state index in [1.165, 1.54) is 0 Å². The highest BCUT2D eigenvalue weighted by Crippen LogP contribution is 2.22. The number of carbonyl (C=O) groups is 1. The number of esters is 1. The summed E-state index contributed by atoms with van der Waals surface area (Å²) in [7, 11) is 0. The number of ether oxygens (including phenoxy) is 1. The quantitative estimate of drug-likeness (QED) is 0.772. The van der Waals surface area contributed by atoms with Crippen molar-refractivity contribution < 1.29 is 14.1 Å². The third-order valence-electron chi connectivity index (χ3n) is 4.14. The number of rotatable bonds is 5. The van der Waals surface area contributed by atoms with Crippen molar-refractivity contribution in [2.24, 2.45) is 5.92 Å². The normalized spacial score (nSPS) is 16.2. The summed E-state index contributed by atoms with van der Waals surface area (Å²) in [6.45, 7) is 4.51. The Labute approximate surface area is 145 Å². The average molecular weight is 350 g/mol. The van der Waals surface area contributed by atoms with Crippen LogP contribution in [0.2, 0.25) is 5.02 Å². The Morgan fingerprint density at radius 1 is 1.33 bits per heavy atom. The molecule has 3 rings (SSSR count). The molecule has 24 heavy (non-hydrogen) atoms. The zero-order chi connectivity index (χ0) is 16.9. The Hall–Kier alpha value is -1.92. The van der Waals surface area contributed by atoms with Gasteiger partial charge >= 0.3 is 5.97 Å². The molecule has 2 aromatic rings. The largest absolute Gasteiger partial charge is 0.466 e. The molecule has 0 amide bonds. The van der Waals surface area contributed by atoms with Crippen LogP contribution in [0.15, 0.2) is 28.8 Å². The summed E-state index contributed by atoms with van der Waals surface area (Å²) in [5.41, 5.74) is 0.871. The van der Waals surface area contributed by atoms with Crippen molar-refractivity contribution in [3.63, 3.8) is 0 Å². The van der Waals surface area contributed by atoms with Gasteiger partial charge in [-0.05, 0) is 57.1 Å². The summed E-state index contributed by atoms with van der Waals surface area (Å²) in [6.07, 6.45) is 1.61. The lowest BCUT2D eigenvalue weighted by atomic mass is 9.97. The molecule has 0 aliphatic carbocycles. The van der Waals surface area contributed by atoms with Crippen LogP contribution in [0.4, 0.5) is 0 Å². The van der Waals surface area contributed by atoms with Gasteiger partial charge in [0.1, 0.15) is 0 Å². The van der Waals surface area contributed by atoms with Crippen molar-refractivity contribution in [2.45, 2.75) is 26.3 Å². The van der Waals surface area contributed by atoms with E-state index in [0.717, 1.165) is 31.5 Å². The second-order valence-corrected chi connectivity index (χ2v) is 6.26. The number of aromatic nitrogens is 2. The molecule has 128 valence electrons. The molecule has 0 spiro atoms.